The number of carbonyl (C=O) groups excluding carboxylic acids is 1. The van der Waals surface area contributed by atoms with Gasteiger partial charge in [-0.15, -0.1) is 0 Å². The van der Waals surface area contributed by atoms with E-state index in [-0.39, 0.29) is 12.5 Å². The minimum Gasteiger partial charge on any atom is -0.465 e. The van der Waals surface area contributed by atoms with Crippen LogP contribution >= 0.6 is 11.5 Å². The van der Waals surface area contributed by atoms with Crippen LogP contribution in [0.4, 0.5) is 5.13 Å². The monoisotopic (exact) mass is 227 g/mol. The first-order valence-corrected chi connectivity index (χ1v) is 5.80. The van der Waals surface area contributed by atoms with E-state index in [1.807, 2.05) is 0 Å². The number of aromatic nitrogens is 2. The minimum absolute atomic E-state index is 0.160. The molecule has 82 valence electrons. The largest absolute Gasteiger partial charge is 0.465 e. The first kappa shape index (κ1) is 10.4. The Kier molecular flexibility index (Phi) is 3.15. The van der Waals surface area contributed by atoms with Gasteiger partial charge >= 0.3 is 5.97 Å². The molecule has 0 radical (unpaired) electrons. The summed E-state index contributed by atoms with van der Waals surface area (Å²) in [6.07, 6.45) is 2.38. The van der Waals surface area contributed by atoms with Crippen molar-refractivity contribution in [2.45, 2.75) is 25.7 Å². The number of esters is 1. The summed E-state index contributed by atoms with van der Waals surface area (Å²) in [6, 6.07) is 0. The van der Waals surface area contributed by atoms with E-state index in [1.165, 1.54) is 24.4 Å². The van der Waals surface area contributed by atoms with Gasteiger partial charge in [0.2, 0.25) is 5.13 Å². The molecule has 1 aromatic rings. The van der Waals surface area contributed by atoms with Crippen molar-refractivity contribution >= 4 is 22.6 Å². The van der Waals surface area contributed by atoms with E-state index in [0.29, 0.717) is 17.7 Å². The van der Waals surface area contributed by atoms with E-state index >= 15 is 0 Å². The first-order chi connectivity index (χ1) is 7.29. The van der Waals surface area contributed by atoms with Gasteiger partial charge in [-0.2, -0.15) is 4.37 Å². The smallest absolute Gasteiger partial charge is 0.325 e. The van der Waals surface area contributed by atoms with Gasteiger partial charge in [-0.25, -0.2) is 4.98 Å². The molecule has 1 heterocycles. The third-order valence-electron chi connectivity index (χ3n) is 2.07. The zero-order valence-corrected chi connectivity index (χ0v) is 9.34. The fourth-order valence-electron chi connectivity index (χ4n) is 1.17. The van der Waals surface area contributed by atoms with Crippen LogP contribution in [0, 0.1) is 0 Å². The summed E-state index contributed by atoms with van der Waals surface area (Å²) in [6.45, 7) is 2.35. The van der Waals surface area contributed by atoms with Crippen LogP contribution in [0.3, 0.4) is 0 Å². The molecule has 1 aromatic heterocycles. The molecule has 0 bridgehead atoms. The van der Waals surface area contributed by atoms with Crippen LogP contribution in [-0.4, -0.2) is 28.5 Å². The van der Waals surface area contributed by atoms with Gasteiger partial charge in [0.25, 0.3) is 0 Å². The van der Waals surface area contributed by atoms with Gasteiger partial charge < -0.3 is 10.1 Å². The number of nitrogens with zero attached hydrogens (tertiary/aromatic N) is 2. The Labute approximate surface area is 92.0 Å². The second kappa shape index (κ2) is 4.57. The van der Waals surface area contributed by atoms with Crippen molar-refractivity contribution < 1.29 is 9.53 Å². The molecule has 2 rings (SSSR count). The third kappa shape index (κ3) is 2.89. The van der Waals surface area contributed by atoms with Crippen molar-refractivity contribution in [2.24, 2.45) is 0 Å². The van der Waals surface area contributed by atoms with Crippen LogP contribution in [0.25, 0.3) is 0 Å². The zero-order valence-electron chi connectivity index (χ0n) is 8.52. The van der Waals surface area contributed by atoms with Gasteiger partial charge in [0, 0.05) is 17.5 Å². The van der Waals surface area contributed by atoms with Crippen LogP contribution < -0.4 is 5.32 Å². The first-order valence-electron chi connectivity index (χ1n) is 5.02. The summed E-state index contributed by atoms with van der Waals surface area (Å²) < 4.78 is 9.00. The van der Waals surface area contributed by atoms with E-state index < -0.39 is 0 Å². The lowest BCUT2D eigenvalue weighted by atomic mass is 10.4. The average molecular weight is 227 g/mol. The maximum atomic E-state index is 11.0. The number of ether oxygens (including phenoxy) is 1. The molecule has 1 N–H and O–H groups in total. The Hall–Kier alpha value is -1.17. The van der Waals surface area contributed by atoms with Crippen LogP contribution in [0.15, 0.2) is 0 Å². The summed E-state index contributed by atoms with van der Waals surface area (Å²) >= 11 is 1.30. The molecular weight excluding hydrogens is 214 g/mol. The number of rotatable bonds is 5. The Morgan fingerprint density at radius 1 is 1.67 bits per heavy atom. The lowest BCUT2D eigenvalue weighted by Crippen LogP contribution is -2.16. The Bertz CT molecular complexity index is 349. The normalized spacial score (nSPS) is 15.0. The molecule has 1 fully saturated rings. The Balaban J connectivity index is 1.80. The Morgan fingerprint density at radius 2 is 2.47 bits per heavy atom. The fraction of sp³-hybridized carbons (Fsp3) is 0.667. The van der Waals surface area contributed by atoms with Crippen LogP contribution in [0.5, 0.6) is 0 Å². The standard InChI is InChI=1S/C9H13N3O2S/c1-2-14-7(13)5-10-9-11-8(12-15-9)6-3-4-6/h6H,2-5H2,1H3,(H,10,11,12). The molecule has 15 heavy (non-hydrogen) atoms. The predicted molar refractivity (Wildman–Crippen MR) is 57.0 cm³/mol. The van der Waals surface area contributed by atoms with Gasteiger partial charge in [-0.1, -0.05) is 0 Å². The number of hydrogen-bond donors (Lipinski definition) is 1. The SMILES string of the molecule is CCOC(=O)CNc1nc(C2CC2)ns1. The van der Waals surface area contributed by atoms with Gasteiger partial charge in [0.1, 0.15) is 12.4 Å². The second-order valence-electron chi connectivity index (χ2n) is 3.39. The van der Waals surface area contributed by atoms with Crippen LogP contribution in [-0.2, 0) is 9.53 Å². The van der Waals surface area contributed by atoms with E-state index in [9.17, 15) is 4.79 Å². The second-order valence-corrected chi connectivity index (χ2v) is 4.14. The summed E-state index contributed by atoms with van der Waals surface area (Å²) in [7, 11) is 0. The van der Waals surface area contributed by atoms with Gasteiger partial charge in [0.05, 0.1) is 6.61 Å². The highest BCUT2D eigenvalue weighted by Crippen LogP contribution is 2.39. The summed E-state index contributed by atoms with van der Waals surface area (Å²) in [5.41, 5.74) is 0. The lowest BCUT2D eigenvalue weighted by Gasteiger charge is -2.01. The average Bonchev–Trinajstić information content (AvgIpc) is 2.96. The number of nitrogens with one attached hydrogen (secondary N) is 1. The highest BCUT2D eigenvalue weighted by molar-refractivity contribution is 7.09. The molecule has 0 aromatic carbocycles. The molecular formula is C9H13N3O2S. The lowest BCUT2D eigenvalue weighted by molar-refractivity contribution is -0.140. The fourth-order valence-corrected chi connectivity index (χ4v) is 1.81. The van der Waals surface area contributed by atoms with E-state index in [1.54, 1.807) is 6.92 Å². The Morgan fingerprint density at radius 3 is 3.13 bits per heavy atom. The molecule has 1 aliphatic rings. The maximum absolute atomic E-state index is 11.0. The highest BCUT2D eigenvalue weighted by atomic mass is 32.1. The van der Waals surface area contributed by atoms with Crippen LogP contribution in [0.1, 0.15) is 31.5 Å². The molecule has 0 unspecified atom stereocenters. The van der Waals surface area contributed by atoms with Crippen molar-refractivity contribution in [1.29, 1.82) is 0 Å². The summed E-state index contributed by atoms with van der Waals surface area (Å²) in [5.74, 6) is 1.20. The topological polar surface area (TPSA) is 64.1 Å². The maximum Gasteiger partial charge on any atom is 0.325 e. The molecule has 0 spiro atoms. The van der Waals surface area contributed by atoms with Gasteiger partial charge in [-0.3, -0.25) is 4.79 Å². The van der Waals surface area contributed by atoms with Crippen molar-refractivity contribution in [1.82, 2.24) is 9.36 Å². The summed E-state index contributed by atoms with van der Waals surface area (Å²) in [4.78, 5) is 15.3. The van der Waals surface area contributed by atoms with E-state index in [0.717, 1.165) is 5.82 Å². The highest BCUT2D eigenvalue weighted by Gasteiger charge is 2.27. The third-order valence-corrected chi connectivity index (χ3v) is 2.76. The molecule has 1 saturated carbocycles. The molecule has 0 saturated heterocycles. The number of anilines is 1. The van der Waals surface area contributed by atoms with Crippen LogP contribution in [0.2, 0.25) is 0 Å². The number of hydrogen-bond acceptors (Lipinski definition) is 6. The minimum atomic E-state index is -0.263. The molecule has 0 atom stereocenters. The molecule has 5 nitrogen and oxygen atoms in total. The summed E-state index contributed by atoms with van der Waals surface area (Å²) in [5, 5.41) is 3.60. The number of carbonyl (C=O) groups is 1. The van der Waals surface area contributed by atoms with E-state index in [4.69, 9.17) is 4.74 Å². The van der Waals surface area contributed by atoms with Crippen molar-refractivity contribution in [3.63, 3.8) is 0 Å². The van der Waals surface area contributed by atoms with Crippen molar-refractivity contribution in [3.05, 3.63) is 5.82 Å². The molecule has 6 heteroatoms. The zero-order chi connectivity index (χ0) is 10.7. The molecule has 1 aliphatic carbocycles. The van der Waals surface area contributed by atoms with Gasteiger partial charge in [-0.05, 0) is 19.8 Å². The van der Waals surface area contributed by atoms with E-state index in [2.05, 4.69) is 14.7 Å². The van der Waals surface area contributed by atoms with Crippen molar-refractivity contribution in [2.75, 3.05) is 18.5 Å². The molecule has 0 amide bonds. The van der Waals surface area contributed by atoms with Gasteiger partial charge in [0.15, 0.2) is 0 Å². The van der Waals surface area contributed by atoms with Crippen molar-refractivity contribution in [3.8, 4) is 0 Å². The molecule has 0 aliphatic heterocycles. The quantitative estimate of drug-likeness (QED) is 0.770. The predicted octanol–water partition coefficient (Wildman–Crippen LogP) is 1.39.